The van der Waals surface area contributed by atoms with Gasteiger partial charge in [0.2, 0.25) is 0 Å². The first kappa shape index (κ1) is 30.5. The van der Waals surface area contributed by atoms with Gasteiger partial charge in [-0.15, -0.1) is 0 Å². The normalized spacial score (nSPS) is 14.4. The van der Waals surface area contributed by atoms with Gasteiger partial charge in [0.1, 0.15) is 17.3 Å². The van der Waals surface area contributed by atoms with Gasteiger partial charge in [0.25, 0.3) is 5.56 Å². The quantitative estimate of drug-likeness (QED) is 0.200. The highest BCUT2D eigenvalue weighted by Gasteiger charge is 2.35. The lowest BCUT2D eigenvalue weighted by Crippen LogP contribution is -2.40. The van der Waals surface area contributed by atoms with Crippen LogP contribution < -0.4 is 19.6 Å². The molecule has 232 valence electrons. The third-order valence-electron chi connectivity index (χ3n) is 7.39. The maximum atomic E-state index is 14.1. The van der Waals surface area contributed by atoms with Crippen molar-refractivity contribution >= 4 is 35.0 Å². The zero-order chi connectivity index (χ0) is 32.2. The van der Waals surface area contributed by atoms with Crippen molar-refractivity contribution in [3.05, 3.63) is 139 Å². The molecule has 1 aliphatic rings. The largest absolute Gasteiger partial charge is 0.497 e. The first-order valence-electron chi connectivity index (χ1n) is 14.7. The molecule has 0 aliphatic carbocycles. The van der Waals surface area contributed by atoms with Crippen LogP contribution in [-0.2, 0) is 14.3 Å². The van der Waals surface area contributed by atoms with Crippen molar-refractivity contribution in [2.45, 2.75) is 19.9 Å². The number of furan rings is 1. The minimum atomic E-state index is -0.802. The van der Waals surface area contributed by atoms with E-state index in [1.54, 1.807) is 75.6 Å². The van der Waals surface area contributed by atoms with Crippen molar-refractivity contribution in [2.75, 3.05) is 20.3 Å². The third-order valence-corrected chi connectivity index (χ3v) is 8.37. The van der Waals surface area contributed by atoms with E-state index in [-0.39, 0.29) is 23.7 Å². The Kier molecular flexibility index (Phi) is 8.80. The Bertz CT molecular complexity index is 2110. The second-order valence-corrected chi connectivity index (χ2v) is 11.2. The summed E-state index contributed by atoms with van der Waals surface area (Å²) in [6.07, 6.45) is 1.67. The number of ether oxygens (including phenoxy) is 3. The number of carbonyl (C=O) groups excluding carboxylic acids is 2. The zero-order valence-electron chi connectivity index (χ0n) is 25.4. The van der Waals surface area contributed by atoms with Gasteiger partial charge in [0.05, 0.1) is 47.7 Å². The number of rotatable bonds is 9. The van der Waals surface area contributed by atoms with Crippen LogP contribution in [0.1, 0.15) is 47.1 Å². The summed E-state index contributed by atoms with van der Waals surface area (Å²) in [5, 5.41) is 0. The molecule has 0 N–H and O–H groups in total. The van der Waals surface area contributed by atoms with Gasteiger partial charge in [-0.1, -0.05) is 65.9 Å². The molecule has 2 aromatic heterocycles. The number of thiazole rings is 1. The molecule has 9 nitrogen and oxygen atoms in total. The molecular formula is C36H30N2O7S. The number of benzene rings is 3. The first-order valence-corrected chi connectivity index (χ1v) is 15.5. The Morgan fingerprint density at radius 2 is 1.57 bits per heavy atom. The van der Waals surface area contributed by atoms with Crippen LogP contribution in [0, 0.1) is 0 Å². The Balaban J connectivity index is 1.47. The van der Waals surface area contributed by atoms with E-state index in [1.165, 1.54) is 15.9 Å². The molecule has 3 aromatic carbocycles. The van der Waals surface area contributed by atoms with E-state index in [2.05, 4.69) is 0 Å². The Morgan fingerprint density at radius 3 is 2.24 bits per heavy atom. The number of carbonyl (C=O) groups is 2. The summed E-state index contributed by atoms with van der Waals surface area (Å²) in [5.41, 5.74) is 3.03. The predicted molar refractivity (Wildman–Crippen MR) is 174 cm³/mol. The van der Waals surface area contributed by atoms with Crippen LogP contribution >= 0.6 is 11.3 Å². The number of fused-ring (bicyclic) bond motifs is 1. The van der Waals surface area contributed by atoms with Crippen LogP contribution in [0.2, 0.25) is 0 Å². The van der Waals surface area contributed by atoms with E-state index in [9.17, 15) is 14.4 Å². The standard InChI is InChI=1S/C36H30N2O7S/c1-4-43-34(40)25-13-11-22(12-14-25)28-20-19-27(45-28)21-29-33(39)38-32(24-15-17-26(42-3)18-16-24)30(35(41)44-5-2)31(37-36(38)46-29)23-9-7-6-8-10-23/h6-21,32H,4-5H2,1-3H3/b29-21-/t32-/m0/s1. The van der Waals surface area contributed by atoms with Crippen molar-refractivity contribution < 1.29 is 28.2 Å². The molecule has 3 heterocycles. The Labute approximate surface area is 268 Å². The minimum Gasteiger partial charge on any atom is -0.497 e. The van der Waals surface area contributed by atoms with Crippen molar-refractivity contribution in [2.24, 2.45) is 4.99 Å². The maximum Gasteiger partial charge on any atom is 0.338 e. The molecule has 0 fully saturated rings. The molecule has 1 aliphatic heterocycles. The SMILES string of the molecule is CCOC(=O)C1=C(c2ccccc2)N=c2s/c(=C\c3ccc(-c4ccc(C(=O)OCC)cc4)o3)c(=O)n2[C@H]1c1ccc(OC)cc1. The fraction of sp³-hybridized carbons (Fsp3) is 0.167. The van der Waals surface area contributed by atoms with Gasteiger partial charge in [-0.05, 0) is 55.8 Å². The van der Waals surface area contributed by atoms with E-state index in [0.717, 1.165) is 11.1 Å². The number of hydrogen-bond donors (Lipinski definition) is 0. The van der Waals surface area contributed by atoms with Crippen LogP contribution in [0.4, 0.5) is 0 Å². The molecule has 0 saturated carbocycles. The van der Waals surface area contributed by atoms with E-state index in [4.69, 9.17) is 23.6 Å². The molecule has 0 amide bonds. The van der Waals surface area contributed by atoms with E-state index >= 15 is 0 Å². The number of nitrogens with zero attached hydrogens (tertiary/aromatic N) is 2. The molecule has 0 saturated heterocycles. The number of methoxy groups -OCH3 is 1. The van der Waals surface area contributed by atoms with Crippen LogP contribution in [0.25, 0.3) is 23.1 Å². The minimum absolute atomic E-state index is 0.163. The summed E-state index contributed by atoms with van der Waals surface area (Å²) in [5.74, 6) is 0.735. The molecule has 6 rings (SSSR count). The second kappa shape index (κ2) is 13.3. The lowest BCUT2D eigenvalue weighted by Gasteiger charge is -2.26. The monoisotopic (exact) mass is 634 g/mol. The van der Waals surface area contributed by atoms with Crippen molar-refractivity contribution in [1.82, 2.24) is 4.57 Å². The summed E-state index contributed by atoms with van der Waals surface area (Å²) in [6.45, 7) is 3.96. The van der Waals surface area contributed by atoms with Gasteiger partial charge in [-0.3, -0.25) is 9.36 Å². The fourth-order valence-corrected chi connectivity index (χ4v) is 6.22. The molecule has 1 atom stereocenters. The fourth-order valence-electron chi connectivity index (χ4n) is 5.24. The lowest BCUT2D eigenvalue weighted by atomic mass is 9.93. The summed E-state index contributed by atoms with van der Waals surface area (Å²) < 4.78 is 23.9. The summed E-state index contributed by atoms with van der Waals surface area (Å²) in [4.78, 5) is 45.1. The molecule has 46 heavy (non-hydrogen) atoms. The third kappa shape index (κ3) is 5.94. The topological polar surface area (TPSA) is 109 Å². The number of esters is 2. The molecule has 0 unspecified atom stereocenters. The van der Waals surface area contributed by atoms with Gasteiger partial charge in [0.15, 0.2) is 4.80 Å². The molecule has 5 aromatic rings. The van der Waals surface area contributed by atoms with Crippen LogP contribution in [-0.4, -0.2) is 36.8 Å². The molecular weight excluding hydrogens is 604 g/mol. The smallest absolute Gasteiger partial charge is 0.338 e. The van der Waals surface area contributed by atoms with Crippen molar-refractivity contribution in [3.63, 3.8) is 0 Å². The van der Waals surface area contributed by atoms with E-state index in [1.807, 2.05) is 42.5 Å². The Hall–Kier alpha value is -5.48. The highest BCUT2D eigenvalue weighted by atomic mass is 32.1. The van der Waals surface area contributed by atoms with Crippen LogP contribution in [0.15, 0.2) is 111 Å². The number of hydrogen-bond acceptors (Lipinski definition) is 9. The van der Waals surface area contributed by atoms with Gasteiger partial charge < -0.3 is 18.6 Å². The second-order valence-electron chi connectivity index (χ2n) is 10.2. The summed E-state index contributed by atoms with van der Waals surface area (Å²) in [7, 11) is 1.58. The summed E-state index contributed by atoms with van der Waals surface area (Å²) in [6, 6.07) is 26.3. The zero-order valence-corrected chi connectivity index (χ0v) is 26.2. The average Bonchev–Trinajstić information content (AvgIpc) is 3.68. The molecule has 0 radical (unpaired) electrons. The van der Waals surface area contributed by atoms with Gasteiger partial charge in [-0.2, -0.15) is 0 Å². The van der Waals surface area contributed by atoms with E-state index < -0.39 is 12.0 Å². The summed E-state index contributed by atoms with van der Waals surface area (Å²) >= 11 is 1.21. The molecule has 0 bridgehead atoms. The van der Waals surface area contributed by atoms with Crippen LogP contribution in [0.3, 0.4) is 0 Å². The average molecular weight is 635 g/mol. The van der Waals surface area contributed by atoms with Crippen molar-refractivity contribution in [1.29, 1.82) is 0 Å². The lowest BCUT2D eigenvalue weighted by molar-refractivity contribution is -0.138. The first-order chi connectivity index (χ1) is 22.4. The van der Waals surface area contributed by atoms with Gasteiger partial charge in [-0.25, -0.2) is 14.6 Å². The number of aromatic nitrogens is 1. The van der Waals surface area contributed by atoms with E-state index in [0.29, 0.717) is 50.0 Å². The maximum absolute atomic E-state index is 14.1. The Morgan fingerprint density at radius 1 is 0.870 bits per heavy atom. The highest BCUT2D eigenvalue weighted by Crippen LogP contribution is 2.35. The van der Waals surface area contributed by atoms with Crippen molar-refractivity contribution in [3.8, 4) is 17.1 Å². The predicted octanol–water partition coefficient (Wildman–Crippen LogP) is 5.38. The van der Waals surface area contributed by atoms with Gasteiger partial charge >= 0.3 is 11.9 Å². The molecule has 10 heteroatoms. The van der Waals surface area contributed by atoms with Gasteiger partial charge in [0, 0.05) is 17.2 Å². The molecule has 0 spiro atoms. The highest BCUT2D eigenvalue weighted by molar-refractivity contribution is 7.07. The van der Waals surface area contributed by atoms with Crippen LogP contribution in [0.5, 0.6) is 5.75 Å².